The molecule has 0 radical (unpaired) electrons. The van der Waals surface area contributed by atoms with Crippen LogP contribution in [0, 0.1) is 11.7 Å². The molecule has 0 aliphatic carbocycles. The highest BCUT2D eigenvalue weighted by molar-refractivity contribution is 7.98. The zero-order valence-electron chi connectivity index (χ0n) is 19.4. The molecule has 9 heteroatoms. The highest BCUT2D eigenvalue weighted by Gasteiger charge is 2.32. The Morgan fingerprint density at radius 3 is 2.49 bits per heavy atom. The molecule has 2 aliphatic rings. The molecule has 1 saturated heterocycles. The van der Waals surface area contributed by atoms with Crippen LogP contribution < -0.4 is 5.32 Å². The average Bonchev–Trinajstić information content (AvgIpc) is 3.32. The molecule has 7 nitrogen and oxygen atoms in total. The second-order valence-corrected chi connectivity index (χ2v) is 9.71. The number of likely N-dealkylation sites (tertiary alicyclic amines) is 1. The average molecular weight is 495 g/mol. The number of amides is 2. The van der Waals surface area contributed by atoms with Crippen molar-refractivity contribution in [3.05, 3.63) is 77.6 Å². The van der Waals surface area contributed by atoms with Crippen LogP contribution in [0.1, 0.15) is 40.7 Å². The Hall–Kier alpha value is -3.17. The van der Waals surface area contributed by atoms with Crippen molar-refractivity contribution in [3.63, 3.8) is 0 Å². The maximum Gasteiger partial charge on any atom is 0.274 e. The van der Waals surface area contributed by atoms with E-state index >= 15 is 0 Å². The van der Waals surface area contributed by atoms with Crippen LogP contribution in [-0.4, -0.2) is 45.6 Å². The third-order valence-corrected chi connectivity index (χ3v) is 7.43. The van der Waals surface area contributed by atoms with Gasteiger partial charge in [-0.2, -0.15) is 0 Å². The Labute approximate surface area is 207 Å². The van der Waals surface area contributed by atoms with Crippen molar-refractivity contribution >= 4 is 29.3 Å². The summed E-state index contributed by atoms with van der Waals surface area (Å²) in [5.74, 6) is -0.551. The fourth-order valence-electron chi connectivity index (χ4n) is 4.60. The predicted molar refractivity (Wildman–Crippen MR) is 132 cm³/mol. The number of halogens is 1. The van der Waals surface area contributed by atoms with Crippen molar-refractivity contribution in [3.8, 4) is 0 Å². The number of imidazole rings is 1. The summed E-state index contributed by atoms with van der Waals surface area (Å²) in [4.78, 5) is 33.2. The van der Waals surface area contributed by atoms with E-state index in [0.29, 0.717) is 38.2 Å². The van der Waals surface area contributed by atoms with Gasteiger partial charge in [-0.1, -0.05) is 12.1 Å². The molecule has 3 heterocycles. The van der Waals surface area contributed by atoms with E-state index in [1.54, 1.807) is 35.1 Å². The highest BCUT2D eigenvalue weighted by Crippen LogP contribution is 2.29. The van der Waals surface area contributed by atoms with Crippen molar-refractivity contribution in [1.82, 2.24) is 14.5 Å². The number of piperidine rings is 1. The van der Waals surface area contributed by atoms with Crippen LogP contribution in [0.25, 0.3) is 0 Å². The van der Waals surface area contributed by atoms with Gasteiger partial charge < -0.3 is 19.5 Å². The minimum Gasteiger partial charge on any atom is -0.365 e. The van der Waals surface area contributed by atoms with E-state index in [4.69, 9.17) is 4.74 Å². The van der Waals surface area contributed by atoms with Gasteiger partial charge in [0.25, 0.3) is 5.91 Å². The molecule has 0 saturated carbocycles. The van der Waals surface area contributed by atoms with Crippen LogP contribution in [0.3, 0.4) is 0 Å². The van der Waals surface area contributed by atoms with Gasteiger partial charge in [-0.05, 0) is 61.1 Å². The molecule has 1 atom stereocenters. The number of nitrogens with one attached hydrogen (secondary N) is 1. The number of benzene rings is 2. The first kappa shape index (κ1) is 23.6. The third-order valence-electron chi connectivity index (χ3n) is 6.68. The molecule has 2 aromatic carbocycles. The number of carbonyl (C=O) groups excluding carboxylic acids is 2. The second kappa shape index (κ2) is 10.2. The van der Waals surface area contributed by atoms with Crippen LogP contribution in [0.4, 0.5) is 10.1 Å². The van der Waals surface area contributed by atoms with Crippen molar-refractivity contribution in [2.24, 2.45) is 5.92 Å². The topological polar surface area (TPSA) is 76.5 Å². The first-order valence-electron chi connectivity index (χ1n) is 11.7. The molecule has 3 aromatic rings. The lowest BCUT2D eigenvalue weighted by atomic mass is 9.95. The Bertz CT molecular complexity index is 1200. The molecule has 2 aliphatic heterocycles. The molecular weight excluding hydrogens is 467 g/mol. The number of ether oxygens (including phenoxy) is 1. The van der Waals surface area contributed by atoms with Gasteiger partial charge in [-0.15, -0.1) is 11.8 Å². The Morgan fingerprint density at radius 1 is 1.09 bits per heavy atom. The zero-order valence-corrected chi connectivity index (χ0v) is 20.3. The van der Waals surface area contributed by atoms with E-state index < -0.39 is 0 Å². The van der Waals surface area contributed by atoms with Crippen LogP contribution in [0.5, 0.6) is 0 Å². The number of carbonyl (C=O) groups is 2. The van der Waals surface area contributed by atoms with Gasteiger partial charge in [0, 0.05) is 29.6 Å². The van der Waals surface area contributed by atoms with Crippen LogP contribution in [0.15, 0.2) is 59.8 Å². The smallest absolute Gasteiger partial charge is 0.274 e. The predicted octanol–water partition coefficient (Wildman–Crippen LogP) is 4.51. The first-order valence-corrected chi connectivity index (χ1v) is 12.9. The molecule has 1 aromatic heterocycles. The van der Waals surface area contributed by atoms with Crippen LogP contribution >= 0.6 is 11.8 Å². The molecule has 5 rings (SSSR count). The van der Waals surface area contributed by atoms with E-state index in [9.17, 15) is 14.0 Å². The van der Waals surface area contributed by atoms with Gasteiger partial charge in [0.2, 0.25) is 5.91 Å². The normalized spacial score (nSPS) is 18.2. The van der Waals surface area contributed by atoms with Gasteiger partial charge in [0.05, 0.1) is 25.2 Å². The molecular formula is C26H27FN4O3S. The summed E-state index contributed by atoms with van der Waals surface area (Å²) in [6, 6.07) is 14.1. The lowest BCUT2D eigenvalue weighted by Gasteiger charge is -2.31. The number of aromatic nitrogens is 2. The second-order valence-electron chi connectivity index (χ2n) is 8.83. The molecule has 2 amide bonds. The quantitative estimate of drug-likeness (QED) is 0.529. The van der Waals surface area contributed by atoms with E-state index in [-0.39, 0.29) is 36.3 Å². The number of nitrogens with zero attached hydrogens (tertiary/aromatic N) is 3. The summed E-state index contributed by atoms with van der Waals surface area (Å²) >= 11 is 1.66. The van der Waals surface area contributed by atoms with Gasteiger partial charge in [0.1, 0.15) is 11.9 Å². The van der Waals surface area contributed by atoms with Crippen molar-refractivity contribution < 1.29 is 18.7 Å². The first-order chi connectivity index (χ1) is 17.0. The molecule has 0 bridgehead atoms. The van der Waals surface area contributed by atoms with Gasteiger partial charge in [-0.3, -0.25) is 9.59 Å². The van der Waals surface area contributed by atoms with E-state index in [1.807, 2.05) is 35.1 Å². The Balaban J connectivity index is 1.17. The van der Waals surface area contributed by atoms with E-state index in [0.717, 1.165) is 21.8 Å². The number of hydrogen-bond donors (Lipinski definition) is 1. The van der Waals surface area contributed by atoms with Crippen molar-refractivity contribution in [1.29, 1.82) is 0 Å². The molecule has 35 heavy (non-hydrogen) atoms. The number of rotatable bonds is 5. The van der Waals surface area contributed by atoms with E-state index in [1.165, 1.54) is 12.1 Å². The minimum absolute atomic E-state index is 0.00592. The number of hydrogen-bond acceptors (Lipinski definition) is 5. The monoisotopic (exact) mass is 494 g/mol. The number of anilines is 1. The van der Waals surface area contributed by atoms with Crippen LogP contribution in [-0.2, 0) is 22.7 Å². The zero-order chi connectivity index (χ0) is 24.4. The van der Waals surface area contributed by atoms with E-state index in [2.05, 4.69) is 10.3 Å². The summed E-state index contributed by atoms with van der Waals surface area (Å²) in [6.07, 6.45) is 4.69. The lowest BCUT2D eigenvalue weighted by Crippen LogP contribution is -2.42. The summed E-state index contributed by atoms with van der Waals surface area (Å²) in [7, 11) is 0. The lowest BCUT2D eigenvalue weighted by molar-refractivity contribution is -0.121. The van der Waals surface area contributed by atoms with Crippen molar-refractivity contribution in [2.45, 2.75) is 37.0 Å². The molecule has 1 N–H and O–H groups in total. The number of fused-ring (bicyclic) bond motifs is 1. The summed E-state index contributed by atoms with van der Waals surface area (Å²) in [5.41, 5.74) is 2.83. The maximum absolute atomic E-state index is 13.2. The van der Waals surface area contributed by atoms with Gasteiger partial charge >= 0.3 is 0 Å². The molecule has 1 fully saturated rings. The SMILES string of the molecule is CSc1ccc(NC(=O)C2CCN(C(=O)c3ncn4c3CO[C@H](c3ccc(F)cc3)C4)CC2)cc1. The maximum atomic E-state index is 13.2. The fraction of sp³-hybridized carbons (Fsp3) is 0.346. The van der Waals surface area contributed by atoms with Gasteiger partial charge in [0.15, 0.2) is 5.69 Å². The number of thioether (sulfide) groups is 1. The molecule has 0 unspecified atom stereocenters. The molecule has 182 valence electrons. The van der Waals surface area contributed by atoms with Crippen molar-refractivity contribution in [2.75, 3.05) is 24.7 Å². The molecule has 0 spiro atoms. The fourth-order valence-corrected chi connectivity index (χ4v) is 5.01. The summed E-state index contributed by atoms with van der Waals surface area (Å²) in [6.45, 7) is 1.79. The summed E-state index contributed by atoms with van der Waals surface area (Å²) < 4.78 is 21.1. The third kappa shape index (κ3) is 5.11. The van der Waals surface area contributed by atoms with Crippen LogP contribution in [0.2, 0.25) is 0 Å². The Morgan fingerprint density at radius 2 is 1.80 bits per heavy atom. The highest BCUT2D eigenvalue weighted by atomic mass is 32.2. The summed E-state index contributed by atoms with van der Waals surface area (Å²) in [5, 5.41) is 2.99. The Kier molecular flexibility index (Phi) is 6.88. The standard InChI is InChI=1S/C26H27FN4O3S/c1-35-21-8-6-20(7-9-21)29-25(32)18-10-12-30(13-11-18)26(33)24-22-15-34-23(14-31(22)16-28-24)17-2-4-19(27)5-3-17/h2-9,16,18,23H,10-15H2,1H3,(H,29,32)/t23-/m0/s1. The minimum atomic E-state index is -0.285. The largest absolute Gasteiger partial charge is 0.365 e. The van der Waals surface area contributed by atoms with Gasteiger partial charge in [-0.25, -0.2) is 9.37 Å².